The number of benzene rings is 1. The SMILES string of the molecule is O=C(O)CCc1[nH]nc(-c2coc3ccccc23)c1Br. The van der Waals surface area contributed by atoms with Crippen LogP contribution in [-0.2, 0) is 11.2 Å². The predicted molar refractivity (Wildman–Crippen MR) is 77.5 cm³/mol. The van der Waals surface area contributed by atoms with Crippen LogP contribution in [0.4, 0.5) is 0 Å². The van der Waals surface area contributed by atoms with Gasteiger partial charge in [0.15, 0.2) is 0 Å². The van der Waals surface area contributed by atoms with Gasteiger partial charge in [0.2, 0.25) is 0 Å². The van der Waals surface area contributed by atoms with Crippen LogP contribution < -0.4 is 0 Å². The lowest BCUT2D eigenvalue weighted by Gasteiger charge is -1.96. The minimum Gasteiger partial charge on any atom is -0.481 e. The summed E-state index contributed by atoms with van der Waals surface area (Å²) >= 11 is 3.48. The number of aromatic nitrogens is 2. The van der Waals surface area contributed by atoms with E-state index in [2.05, 4.69) is 26.1 Å². The first kappa shape index (κ1) is 12.9. The summed E-state index contributed by atoms with van der Waals surface area (Å²) < 4.78 is 6.28. The Kier molecular flexibility index (Phi) is 3.31. The van der Waals surface area contributed by atoms with Crippen LogP contribution in [0.2, 0.25) is 0 Å². The summed E-state index contributed by atoms with van der Waals surface area (Å²) in [6, 6.07) is 7.71. The molecule has 5 nitrogen and oxygen atoms in total. The Morgan fingerprint density at radius 2 is 2.20 bits per heavy atom. The molecule has 0 unspecified atom stereocenters. The van der Waals surface area contributed by atoms with Crippen LogP contribution in [0.1, 0.15) is 12.1 Å². The second-order valence-corrected chi connectivity index (χ2v) is 5.20. The molecule has 0 aliphatic heterocycles. The van der Waals surface area contributed by atoms with Gasteiger partial charge in [-0.15, -0.1) is 0 Å². The van der Waals surface area contributed by atoms with E-state index in [1.165, 1.54) is 0 Å². The van der Waals surface area contributed by atoms with E-state index in [0.29, 0.717) is 6.42 Å². The van der Waals surface area contributed by atoms with Crippen molar-refractivity contribution < 1.29 is 14.3 Å². The minimum absolute atomic E-state index is 0.0619. The molecule has 6 heteroatoms. The monoisotopic (exact) mass is 334 g/mol. The average Bonchev–Trinajstić information content (AvgIpc) is 3.00. The van der Waals surface area contributed by atoms with E-state index in [1.54, 1.807) is 6.26 Å². The van der Waals surface area contributed by atoms with Crippen molar-refractivity contribution in [1.29, 1.82) is 0 Å². The molecule has 2 aromatic heterocycles. The molecule has 3 aromatic rings. The van der Waals surface area contributed by atoms with Crippen molar-refractivity contribution in [3.05, 3.63) is 40.7 Å². The summed E-state index contributed by atoms with van der Waals surface area (Å²) in [5, 5.41) is 16.9. The first-order chi connectivity index (χ1) is 9.66. The molecule has 1 aromatic carbocycles. The normalized spacial score (nSPS) is 11.1. The number of rotatable bonds is 4. The number of aliphatic carboxylic acids is 1. The molecule has 0 radical (unpaired) electrons. The average molecular weight is 335 g/mol. The molecule has 0 fully saturated rings. The summed E-state index contributed by atoms with van der Waals surface area (Å²) in [7, 11) is 0. The maximum atomic E-state index is 10.6. The molecule has 0 spiro atoms. The van der Waals surface area contributed by atoms with Gasteiger partial charge >= 0.3 is 5.97 Å². The first-order valence-electron chi connectivity index (χ1n) is 6.08. The Morgan fingerprint density at radius 1 is 1.40 bits per heavy atom. The van der Waals surface area contributed by atoms with Crippen LogP contribution in [-0.4, -0.2) is 21.3 Å². The van der Waals surface area contributed by atoms with E-state index in [4.69, 9.17) is 9.52 Å². The number of furan rings is 1. The molecule has 0 saturated heterocycles. The van der Waals surface area contributed by atoms with E-state index in [-0.39, 0.29) is 6.42 Å². The van der Waals surface area contributed by atoms with E-state index in [9.17, 15) is 4.79 Å². The summed E-state index contributed by atoms with van der Waals surface area (Å²) in [5.41, 5.74) is 3.18. The molecule has 0 bridgehead atoms. The minimum atomic E-state index is -0.832. The molecule has 3 rings (SSSR count). The maximum Gasteiger partial charge on any atom is 0.303 e. The van der Waals surface area contributed by atoms with Crippen LogP contribution in [0, 0.1) is 0 Å². The summed E-state index contributed by atoms with van der Waals surface area (Å²) in [4.78, 5) is 10.6. The van der Waals surface area contributed by atoms with Gasteiger partial charge in [-0.2, -0.15) is 5.10 Å². The van der Waals surface area contributed by atoms with Gasteiger partial charge in [-0.1, -0.05) is 18.2 Å². The number of aryl methyl sites for hydroxylation is 1. The Labute approximate surface area is 122 Å². The zero-order valence-corrected chi connectivity index (χ0v) is 12.0. The number of hydrogen-bond acceptors (Lipinski definition) is 3. The van der Waals surface area contributed by atoms with Crippen LogP contribution in [0.3, 0.4) is 0 Å². The number of nitrogens with one attached hydrogen (secondary N) is 1. The standard InChI is InChI=1S/C14H11BrN2O3/c15-13-10(5-6-12(18)19)16-17-14(13)9-7-20-11-4-2-1-3-8(9)11/h1-4,7H,5-6H2,(H,16,17)(H,18,19). The molecule has 2 N–H and O–H groups in total. The Morgan fingerprint density at radius 3 is 3.00 bits per heavy atom. The fourth-order valence-corrected chi connectivity index (χ4v) is 2.69. The largest absolute Gasteiger partial charge is 0.481 e. The number of fused-ring (bicyclic) bond motifs is 1. The third-order valence-corrected chi connectivity index (χ3v) is 3.95. The molecule has 0 aliphatic rings. The Balaban J connectivity index is 2.00. The van der Waals surface area contributed by atoms with Crippen LogP contribution in [0.5, 0.6) is 0 Å². The summed E-state index contributed by atoms with van der Waals surface area (Å²) in [6.07, 6.45) is 2.12. The lowest BCUT2D eigenvalue weighted by atomic mass is 10.1. The molecular weight excluding hydrogens is 324 g/mol. The van der Waals surface area contributed by atoms with Crippen LogP contribution in [0.25, 0.3) is 22.2 Å². The third-order valence-electron chi connectivity index (χ3n) is 3.10. The first-order valence-corrected chi connectivity index (χ1v) is 6.87. The van der Waals surface area contributed by atoms with Gasteiger partial charge in [0, 0.05) is 17.4 Å². The van der Waals surface area contributed by atoms with Gasteiger partial charge in [0.05, 0.1) is 16.6 Å². The zero-order chi connectivity index (χ0) is 14.1. The lowest BCUT2D eigenvalue weighted by molar-refractivity contribution is -0.136. The van der Waals surface area contributed by atoms with Gasteiger partial charge in [0.25, 0.3) is 0 Å². The summed E-state index contributed by atoms with van der Waals surface area (Å²) in [5.74, 6) is -0.832. The van der Waals surface area contributed by atoms with Crippen molar-refractivity contribution in [3.63, 3.8) is 0 Å². The van der Waals surface area contributed by atoms with Gasteiger partial charge in [-0.05, 0) is 22.0 Å². The quantitative estimate of drug-likeness (QED) is 0.763. The molecular formula is C14H11BrN2O3. The van der Waals surface area contributed by atoms with Crippen LogP contribution in [0.15, 0.2) is 39.4 Å². The van der Waals surface area contributed by atoms with Crippen LogP contribution >= 0.6 is 15.9 Å². The number of halogens is 1. The van der Waals surface area contributed by atoms with E-state index >= 15 is 0 Å². The number of H-pyrrole nitrogens is 1. The maximum absolute atomic E-state index is 10.6. The van der Waals surface area contributed by atoms with Crippen molar-refractivity contribution in [2.45, 2.75) is 12.8 Å². The van der Waals surface area contributed by atoms with E-state index in [0.717, 1.165) is 32.4 Å². The highest BCUT2D eigenvalue weighted by Crippen LogP contribution is 2.35. The molecule has 0 amide bonds. The topological polar surface area (TPSA) is 79.1 Å². The highest BCUT2D eigenvalue weighted by atomic mass is 79.9. The molecule has 20 heavy (non-hydrogen) atoms. The van der Waals surface area contributed by atoms with Gasteiger partial charge < -0.3 is 9.52 Å². The number of hydrogen-bond donors (Lipinski definition) is 2. The number of carboxylic acid groups (broad SMARTS) is 1. The van der Waals surface area contributed by atoms with Gasteiger partial charge in [0.1, 0.15) is 17.5 Å². The molecule has 2 heterocycles. The van der Waals surface area contributed by atoms with Crippen molar-refractivity contribution in [2.75, 3.05) is 0 Å². The predicted octanol–water partition coefficient (Wildman–Crippen LogP) is 3.60. The molecule has 0 saturated carbocycles. The number of aromatic amines is 1. The second kappa shape index (κ2) is 5.13. The Bertz CT molecular complexity index is 776. The van der Waals surface area contributed by atoms with Crippen molar-refractivity contribution in [1.82, 2.24) is 10.2 Å². The number of para-hydroxylation sites is 1. The fraction of sp³-hybridized carbons (Fsp3) is 0.143. The second-order valence-electron chi connectivity index (χ2n) is 4.40. The molecule has 0 aliphatic carbocycles. The Hall–Kier alpha value is -2.08. The third kappa shape index (κ3) is 2.22. The summed E-state index contributed by atoms with van der Waals surface area (Å²) in [6.45, 7) is 0. The van der Waals surface area contributed by atoms with E-state index in [1.807, 2.05) is 24.3 Å². The molecule has 0 atom stereocenters. The highest BCUT2D eigenvalue weighted by molar-refractivity contribution is 9.10. The van der Waals surface area contributed by atoms with Crippen molar-refractivity contribution in [3.8, 4) is 11.3 Å². The molecule has 102 valence electrons. The number of nitrogens with zero attached hydrogens (tertiary/aromatic N) is 1. The highest BCUT2D eigenvalue weighted by Gasteiger charge is 2.17. The van der Waals surface area contributed by atoms with E-state index < -0.39 is 5.97 Å². The van der Waals surface area contributed by atoms with Crippen molar-refractivity contribution in [2.24, 2.45) is 0 Å². The smallest absolute Gasteiger partial charge is 0.303 e. The van der Waals surface area contributed by atoms with Gasteiger partial charge in [-0.3, -0.25) is 9.89 Å². The zero-order valence-electron chi connectivity index (χ0n) is 10.4. The number of carbonyl (C=O) groups is 1. The lowest BCUT2D eigenvalue weighted by Crippen LogP contribution is -1.98. The number of carboxylic acids is 1. The van der Waals surface area contributed by atoms with Crippen molar-refractivity contribution >= 4 is 32.9 Å². The van der Waals surface area contributed by atoms with Gasteiger partial charge in [-0.25, -0.2) is 0 Å². The fourth-order valence-electron chi connectivity index (χ4n) is 2.10.